The van der Waals surface area contributed by atoms with E-state index in [1.54, 1.807) is 0 Å². The molecule has 0 atom stereocenters. The van der Waals surface area contributed by atoms with Crippen molar-refractivity contribution in [3.63, 3.8) is 0 Å². The molecule has 1 aromatic carbocycles. The highest BCUT2D eigenvalue weighted by Gasteiger charge is 2.27. The van der Waals surface area contributed by atoms with Crippen molar-refractivity contribution in [3.05, 3.63) is 54.4 Å². The maximum absolute atomic E-state index is 12.5. The number of carbonyl (C=O) groups excluding carboxylic acids is 2. The minimum Gasteiger partial charge on any atom is -0.349 e. The van der Waals surface area contributed by atoms with Crippen molar-refractivity contribution in [1.29, 1.82) is 0 Å². The van der Waals surface area contributed by atoms with E-state index in [0.29, 0.717) is 5.56 Å². The van der Waals surface area contributed by atoms with Gasteiger partial charge in [0.1, 0.15) is 0 Å². The van der Waals surface area contributed by atoms with Crippen LogP contribution in [0.1, 0.15) is 49.9 Å². The maximum atomic E-state index is 12.5. The highest BCUT2D eigenvalue weighted by Crippen LogP contribution is 2.18. The third-order valence-corrected chi connectivity index (χ3v) is 5.51. The molecule has 1 fully saturated rings. The fourth-order valence-electron chi connectivity index (χ4n) is 3.70. The number of carbonyl (C=O) groups is 2. The fourth-order valence-corrected chi connectivity index (χ4v) is 3.70. The van der Waals surface area contributed by atoms with Gasteiger partial charge in [-0.1, -0.05) is 13.8 Å². The molecule has 0 radical (unpaired) electrons. The van der Waals surface area contributed by atoms with Crippen molar-refractivity contribution in [2.45, 2.75) is 45.6 Å². The molecule has 5 heteroatoms. The summed E-state index contributed by atoms with van der Waals surface area (Å²) in [5.41, 5.74) is 1.70. The molecular weight excluding hydrogens is 338 g/mol. The van der Waals surface area contributed by atoms with E-state index in [2.05, 4.69) is 19.2 Å². The van der Waals surface area contributed by atoms with Gasteiger partial charge >= 0.3 is 0 Å². The van der Waals surface area contributed by atoms with E-state index in [1.807, 2.05) is 58.3 Å². The molecule has 1 N–H and O–H groups in total. The minimum atomic E-state index is -0.0428. The third kappa shape index (κ3) is 4.59. The number of amides is 2. The first kappa shape index (κ1) is 19.2. The van der Waals surface area contributed by atoms with E-state index in [0.717, 1.165) is 44.5 Å². The SMILES string of the molecule is CCC(CC)C(=O)N1CCC(NC(=O)c2ccc(-n3cccc3)cc2)CC1. The normalized spacial score (nSPS) is 15.1. The zero-order valence-corrected chi connectivity index (χ0v) is 16.2. The van der Waals surface area contributed by atoms with Gasteiger partial charge in [0.2, 0.25) is 5.91 Å². The van der Waals surface area contributed by atoms with E-state index in [9.17, 15) is 9.59 Å². The van der Waals surface area contributed by atoms with Crippen molar-refractivity contribution in [2.75, 3.05) is 13.1 Å². The van der Waals surface area contributed by atoms with Crippen LogP contribution >= 0.6 is 0 Å². The minimum absolute atomic E-state index is 0.0428. The van der Waals surface area contributed by atoms with E-state index in [-0.39, 0.29) is 23.8 Å². The number of benzene rings is 1. The van der Waals surface area contributed by atoms with Crippen LogP contribution in [0.15, 0.2) is 48.8 Å². The molecule has 2 amide bonds. The first-order valence-corrected chi connectivity index (χ1v) is 9.95. The summed E-state index contributed by atoms with van der Waals surface area (Å²) in [5.74, 6) is 0.360. The smallest absolute Gasteiger partial charge is 0.251 e. The Morgan fingerprint density at radius 3 is 2.19 bits per heavy atom. The van der Waals surface area contributed by atoms with Crippen LogP contribution in [0, 0.1) is 5.92 Å². The Labute approximate surface area is 161 Å². The average molecular weight is 367 g/mol. The number of nitrogens with zero attached hydrogens (tertiary/aromatic N) is 2. The first-order chi connectivity index (χ1) is 13.1. The molecule has 0 spiro atoms. The Morgan fingerprint density at radius 1 is 1.04 bits per heavy atom. The van der Waals surface area contributed by atoms with E-state index >= 15 is 0 Å². The first-order valence-electron chi connectivity index (χ1n) is 9.95. The lowest BCUT2D eigenvalue weighted by Crippen LogP contribution is -2.48. The summed E-state index contributed by atoms with van der Waals surface area (Å²) in [6.07, 6.45) is 7.38. The standard InChI is InChI=1S/C22H29N3O2/c1-3-17(4-2)22(27)25-15-11-19(12-16-25)23-21(26)18-7-9-20(10-8-18)24-13-5-6-14-24/h5-10,13-14,17,19H,3-4,11-12,15-16H2,1-2H3,(H,23,26). The van der Waals surface area contributed by atoms with Gasteiger partial charge < -0.3 is 14.8 Å². The van der Waals surface area contributed by atoms with Crippen molar-refractivity contribution in [2.24, 2.45) is 5.92 Å². The molecule has 27 heavy (non-hydrogen) atoms. The summed E-state index contributed by atoms with van der Waals surface area (Å²) in [6.45, 7) is 5.60. The number of aromatic nitrogens is 1. The Morgan fingerprint density at radius 2 is 1.63 bits per heavy atom. The van der Waals surface area contributed by atoms with Crippen molar-refractivity contribution in [3.8, 4) is 5.69 Å². The van der Waals surface area contributed by atoms with Crippen LogP contribution < -0.4 is 5.32 Å². The number of nitrogens with one attached hydrogen (secondary N) is 1. The summed E-state index contributed by atoms with van der Waals surface area (Å²) in [5, 5.41) is 3.12. The zero-order chi connectivity index (χ0) is 19.2. The molecular formula is C22H29N3O2. The number of likely N-dealkylation sites (tertiary alicyclic amines) is 1. The molecule has 0 unspecified atom stereocenters. The van der Waals surface area contributed by atoms with Gasteiger partial charge in [-0.15, -0.1) is 0 Å². The van der Waals surface area contributed by atoms with Crippen LogP contribution in [0.3, 0.4) is 0 Å². The van der Waals surface area contributed by atoms with Gasteiger partial charge in [0, 0.05) is 48.7 Å². The van der Waals surface area contributed by atoms with Gasteiger partial charge in [0.15, 0.2) is 0 Å². The Balaban J connectivity index is 1.51. The molecule has 0 bridgehead atoms. The molecule has 1 saturated heterocycles. The number of piperidine rings is 1. The second kappa shape index (κ2) is 8.89. The molecule has 1 aliphatic rings. The molecule has 1 aromatic heterocycles. The van der Waals surface area contributed by atoms with Gasteiger partial charge in [-0.05, 0) is 62.1 Å². The Hall–Kier alpha value is -2.56. The number of rotatable bonds is 6. The average Bonchev–Trinajstić information content (AvgIpc) is 3.24. The molecule has 2 aromatic rings. The van der Waals surface area contributed by atoms with Gasteiger partial charge in [-0.3, -0.25) is 9.59 Å². The highest BCUT2D eigenvalue weighted by molar-refractivity contribution is 5.94. The van der Waals surface area contributed by atoms with Crippen molar-refractivity contribution in [1.82, 2.24) is 14.8 Å². The van der Waals surface area contributed by atoms with Crippen LogP contribution in [-0.4, -0.2) is 40.4 Å². The van der Waals surface area contributed by atoms with Gasteiger partial charge in [0.25, 0.3) is 5.91 Å². The van der Waals surface area contributed by atoms with Crippen LogP contribution in [0.2, 0.25) is 0 Å². The number of hydrogen-bond acceptors (Lipinski definition) is 2. The summed E-state index contributed by atoms with van der Waals surface area (Å²) < 4.78 is 2.01. The van der Waals surface area contributed by atoms with Crippen molar-refractivity contribution < 1.29 is 9.59 Å². The molecule has 2 heterocycles. The van der Waals surface area contributed by atoms with Gasteiger partial charge in [-0.25, -0.2) is 0 Å². The van der Waals surface area contributed by atoms with Gasteiger partial charge in [0.05, 0.1) is 0 Å². The van der Waals surface area contributed by atoms with Crippen LogP contribution in [-0.2, 0) is 4.79 Å². The fraction of sp³-hybridized carbons (Fsp3) is 0.455. The summed E-state index contributed by atoms with van der Waals surface area (Å²) in [4.78, 5) is 27.0. The second-order valence-electron chi connectivity index (χ2n) is 7.22. The quantitative estimate of drug-likeness (QED) is 0.847. The lowest BCUT2D eigenvalue weighted by atomic mass is 9.98. The molecule has 3 rings (SSSR count). The van der Waals surface area contributed by atoms with Crippen LogP contribution in [0.25, 0.3) is 5.69 Å². The van der Waals surface area contributed by atoms with Crippen molar-refractivity contribution >= 4 is 11.8 Å². The molecule has 0 aliphatic carbocycles. The lowest BCUT2D eigenvalue weighted by Gasteiger charge is -2.34. The van der Waals surface area contributed by atoms with Gasteiger partial charge in [-0.2, -0.15) is 0 Å². The number of hydrogen-bond donors (Lipinski definition) is 1. The maximum Gasteiger partial charge on any atom is 0.251 e. The predicted molar refractivity (Wildman–Crippen MR) is 107 cm³/mol. The van der Waals surface area contributed by atoms with E-state index in [4.69, 9.17) is 0 Å². The third-order valence-electron chi connectivity index (χ3n) is 5.51. The molecule has 144 valence electrons. The molecule has 0 saturated carbocycles. The zero-order valence-electron chi connectivity index (χ0n) is 16.2. The Bertz CT molecular complexity index is 740. The molecule has 1 aliphatic heterocycles. The summed E-state index contributed by atoms with van der Waals surface area (Å²) >= 11 is 0. The predicted octanol–water partition coefficient (Wildman–Crippen LogP) is 3.63. The second-order valence-corrected chi connectivity index (χ2v) is 7.22. The van der Waals surface area contributed by atoms with Crippen LogP contribution in [0.5, 0.6) is 0 Å². The molecule has 5 nitrogen and oxygen atoms in total. The summed E-state index contributed by atoms with van der Waals surface area (Å²) in [6, 6.07) is 11.7. The highest BCUT2D eigenvalue weighted by atomic mass is 16.2. The van der Waals surface area contributed by atoms with Crippen LogP contribution in [0.4, 0.5) is 0 Å². The topological polar surface area (TPSA) is 54.3 Å². The lowest BCUT2D eigenvalue weighted by molar-refractivity contribution is -0.136. The van der Waals surface area contributed by atoms with E-state index < -0.39 is 0 Å². The largest absolute Gasteiger partial charge is 0.349 e. The Kier molecular flexibility index (Phi) is 6.32. The van der Waals surface area contributed by atoms with E-state index in [1.165, 1.54) is 0 Å². The summed E-state index contributed by atoms with van der Waals surface area (Å²) in [7, 11) is 0. The monoisotopic (exact) mass is 367 g/mol.